The van der Waals surface area contributed by atoms with Gasteiger partial charge >= 0.3 is 0 Å². The summed E-state index contributed by atoms with van der Waals surface area (Å²) in [7, 11) is 0. The summed E-state index contributed by atoms with van der Waals surface area (Å²) >= 11 is 0. The van der Waals surface area contributed by atoms with Crippen LogP contribution >= 0.6 is 0 Å². The summed E-state index contributed by atoms with van der Waals surface area (Å²) in [6.07, 6.45) is 2.56. The van der Waals surface area contributed by atoms with Crippen LogP contribution in [0.4, 0.5) is 0 Å². The minimum atomic E-state index is 0.177. The largest absolute Gasteiger partial charge is 0.493 e. The van der Waals surface area contributed by atoms with Gasteiger partial charge in [-0.1, -0.05) is 6.92 Å². The van der Waals surface area contributed by atoms with Gasteiger partial charge < -0.3 is 10.5 Å². The molecule has 0 aliphatic carbocycles. The highest BCUT2D eigenvalue weighted by Crippen LogP contribution is 2.26. The second-order valence-corrected chi connectivity index (χ2v) is 4.74. The molecule has 0 aromatic heterocycles. The molecule has 1 heterocycles. The predicted molar refractivity (Wildman–Crippen MR) is 67.4 cm³/mol. The zero-order valence-electron chi connectivity index (χ0n) is 10.2. The molecule has 0 bridgehead atoms. The topological polar surface area (TPSA) is 52.3 Å². The molecular weight excluding hydrogens is 214 g/mol. The number of ketones is 1. The second-order valence-electron chi connectivity index (χ2n) is 4.74. The lowest BCUT2D eigenvalue weighted by molar-refractivity contribution is 0.0965. The number of nitrogens with two attached hydrogens (primary N) is 1. The Hall–Kier alpha value is -1.35. The van der Waals surface area contributed by atoms with E-state index in [9.17, 15) is 4.79 Å². The Balaban J connectivity index is 2.13. The molecule has 1 aromatic rings. The fourth-order valence-electron chi connectivity index (χ4n) is 2.05. The molecule has 1 aliphatic heterocycles. The molecule has 3 nitrogen and oxygen atoms in total. The van der Waals surface area contributed by atoms with Crippen LogP contribution < -0.4 is 10.5 Å². The zero-order chi connectivity index (χ0) is 12.3. The number of carbonyl (C=O) groups is 1. The number of carbonyl (C=O) groups excluding carboxylic acids is 1. The fourth-order valence-corrected chi connectivity index (χ4v) is 2.05. The van der Waals surface area contributed by atoms with E-state index in [0.717, 1.165) is 36.3 Å². The number of aryl methyl sites for hydroxylation is 1. The SMILES string of the molecule is CC(CN)CC(=O)c1ccc2c(c1)CCCO2. The summed E-state index contributed by atoms with van der Waals surface area (Å²) in [6.45, 7) is 3.34. The van der Waals surface area contributed by atoms with Gasteiger partial charge in [-0.3, -0.25) is 4.79 Å². The van der Waals surface area contributed by atoms with E-state index in [4.69, 9.17) is 10.5 Å². The van der Waals surface area contributed by atoms with Gasteiger partial charge in [-0.25, -0.2) is 0 Å². The van der Waals surface area contributed by atoms with E-state index >= 15 is 0 Å². The smallest absolute Gasteiger partial charge is 0.163 e. The van der Waals surface area contributed by atoms with Crippen molar-refractivity contribution in [1.29, 1.82) is 0 Å². The summed E-state index contributed by atoms with van der Waals surface area (Å²) in [4.78, 5) is 12.0. The van der Waals surface area contributed by atoms with Gasteiger partial charge in [0.1, 0.15) is 5.75 Å². The molecule has 1 aromatic carbocycles. The van der Waals surface area contributed by atoms with E-state index in [1.807, 2.05) is 25.1 Å². The van der Waals surface area contributed by atoms with Gasteiger partial charge in [-0.15, -0.1) is 0 Å². The normalized spacial score (nSPS) is 15.9. The molecule has 1 aliphatic rings. The lowest BCUT2D eigenvalue weighted by Gasteiger charge is -2.17. The second kappa shape index (κ2) is 5.32. The monoisotopic (exact) mass is 233 g/mol. The van der Waals surface area contributed by atoms with Crippen molar-refractivity contribution in [3.8, 4) is 5.75 Å². The van der Waals surface area contributed by atoms with Crippen LogP contribution in [0.1, 0.15) is 35.7 Å². The Kier molecular flexibility index (Phi) is 3.79. The number of hydrogen-bond donors (Lipinski definition) is 1. The lowest BCUT2D eigenvalue weighted by atomic mass is 9.96. The molecule has 1 unspecified atom stereocenters. The highest BCUT2D eigenvalue weighted by molar-refractivity contribution is 5.96. The molecule has 17 heavy (non-hydrogen) atoms. The van der Waals surface area contributed by atoms with Gasteiger partial charge in [0.15, 0.2) is 5.78 Å². The molecule has 92 valence electrons. The summed E-state index contributed by atoms with van der Waals surface area (Å²) in [5.74, 6) is 1.35. The number of benzene rings is 1. The number of ether oxygens (including phenoxy) is 1. The van der Waals surface area contributed by atoms with Crippen LogP contribution in [-0.2, 0) is 6.42 Å². The first-order chi connectivity index (χ1) is 8.20. The van der Waals surface area contributed by atoms with Crippen molar-refractivity contribution in [2.75, 3.05) is 13.2 Å². The Bertz CT molecular complexity index is 415. The Morgan fingerprint density at radius 3 is 3.12 bits per heavy atom. The quantitative estimate of drug-likeness (QED) is 0.811. The van der Waals surface area contributed by atoms with Crippen molar-refractivity contribution in [1.82, 2.24) is 0 Å². The molecule has 0 spiro atoms. The standard InChI is InChI=1S/C14H19NO2/c1-10(9-15)7-13(16)11-4-5-14-12(8-11)3-2-6-17-14/h4-5,8,10H,2-3,6-7,9,15H2,1H3. The van der Waals surface area contributed by atoms with E-state index in [1.54, 1.807) is 0 Å². The molecule has 0 radical (unpaired) electrons. The molecule has 0 saturated carbocycles. The molecule has 0 amide bonds. The van der Waals surface area contributed by atoms with E-state index in [2.05, 4.69) is 0 Å². The average Bonchev–Trinajstić information content (AvgIpc) is 2.38. The maximum Gasteiger partial charge on any atom is 0.163 e. The molecule has 0 fully saturated rings. The first kappa shape index (κ1) is 12.1. The van der Waals surface area contributed by atoms with E-state index in [0.29, 0.717) is 13.0 Å². The van der Waals surface area contributed by atoms with Gasteiger partial charge in [0, 0.05) is 12.0 Å². The molecule has 2 N–H and O–H groups in total. The highest BCUT2D eigenvalue weighted by atomic mass is 16.5. The Morgan fingerprint density at radius 2 is 2.35 bits per heavy atom. The van der Waals surface area contributed by atoms with Gasteiger partial charge in [0.05, 0.1) is 6.61 Å². The average molecular weight is 233 g/mol. The highest BCUT2D eigenvalue weighted by Gasteiger charge is 2.15. The number of rotatable bonds is 4. The van der Waals surface area contributed by atoms with Gasteiger partial charge in [0.2, 0.25) is 0 Å². The van der Waals surface area contributed by atoms with Crippen LogP contribution in [0.3, 0.4) is 0 Å². The van der Waals surface area contributed by atoms with E-state index < -0.39 is 0 Å². The molecule has 0 saturated heterocycles. The van der Waals surface area contributed by atoms with Crippen molar-refractivity contribution in [2.45, 2.75) is 26.2 Å². The Labute approximate surface area is 102 Å². The van der Waals surface area contributed by atoms with Crippen molar-refractivity contribution in [3.63, 3.8) is 0 Å². The minimum absolute atomic E-state index is 0.177. The summed E-state index contributed by atoms with van der Waals surface area (Å²) in [5.41, 5.74) is 7.48. The van der Waals surface area contributed by atoms with Gasteiger partial charge in [-0.05, 0) is 49.1 Å². The van der Waals surface area contributed by atoms with Crippen molar-refractivity contribution in [3.05, 3.63) is 29.3 Å². The van der Waals surface area contributed by atoms with Crippen LogP contribution in [0.15, 0.2) is 18.2 Å². The summed E-state index contributed by atoms with van der Waals surface area (Å²) in [6, 6.07) is 5.74. The van der Waals surface area contributed by atoms with Crippen LogP contribution in [0.25, 0.3) is 0 Å². The molecular formula is C14H19NO2. The van der Waals surface area contributed by atoms with Crippen LogP contribution in [-0.4, -0.2) is 18.9 Å². The maximum atomic E-state index is 12.0. The number of hydrogen-bond acceptors (Lipinski definition) is 3. The van der Waals surface area contributed by atoms with Crippen molar-refractivity contribution in [2.24, 2.45) is 11.7 Å². The third-order valence-corrected chi connectivity index (χ3v) is 3.17. The van der Waals surface area contributed by atoms with E-state index in [-0.39, 0.29) is 11.7 Å². The van der Waals surface area contributed by atoms with Crippen LogP contribution in [0.2, 0.25) is 0 Å². The minimum Gasteiger partial charge on any atom is -0.493 e. The van der Waals surface area contributed by atoms with Crippen LogP contribution in [0, 0.1) is 5.92 Å². The lowest BCUT2D eigenvalue weighted by Crippen LogP contribution is -2.16. The summed E-state index contributed by atoms with van der Waals surface area (Å²) in [5, 5.41) is 0. The first-order valence-corrected chi connectivity index (χ1v) is 6.19. The van der Waals surface area contributed by atoms with E-state index in [1.165, 1.54) is 0 Å². The maximum absolute atomic E-state index is 12.0. The molecule has 2 rings (SSSR count). The third kappa shape index (κ3) is 2.86. The van der Waals surface area contributed by atoms with Crippen molar-refractivity contribution >= 4 is 5.78 Å². The first-order valence-electron chi connectivity index (χ1n) is 6.19. The number of Topliss-reactive ketones (excluding diaryl/α,β-unsaturated/α-hetero) is 1. The number of fused-ring (bicyclic) bond motifs is 1. The van der Waals surface area contributed by atoms with Gasteiger partial charge in [0.25, 0.3) is 0 Å². The van der Waals surface area contributed by atoms with Gasteiger partial charge in [-0.2, -0.15) is 0 Å². The third-order valence-electron chi connectivity index (χ3n) is 3.17. The van der Waals surface area contributed by atoms with Crippen molar-refractivity contribution < 1.29 is 9.53 Å². The Morgan fingerprint density at radius 1 is 1.53 bits per heavy atom. The molecule has 1 atom stereocenters. The molecule has 3 heteroatoms. The summed E-state index contributed by atoms with van der Waals surface area (Å²) < 4.78 is 5.53. The fraction of sp³-hybridized carbons (Fsp3) is 0.500. The predicted octanol–water partition coefficient (Wildman–Crippen LogP) is 2.18. The zero-order valence-corrected chi connectivity index (χ0v) is 10.2. The van der Waals surface area contributed by atoms with Crippen LogP contribution in [0.5, 0.6) is 5.75 Å².